The van der Waals surface area contributed by atoms with E-state index in [9.17, 15) is 28.2 Å². The average Bonchev–Trinajstić information content (AvgIpc) is 3.82. The molecule has 4 aromatic rings. The van der Waals surface area contributed by atoms with E-state index in [2.05, 4.69) is 41.3 Å². The van der Waals surface area contributed by atoms with E-state index >= 15 is 0 Å². The number of anilines is 1. The normalized spacial score (nSPS) is 17.5. The minimum atomic E-state index is -1.82. The molecule has 2 N–H and O–H groups in total. The molecule has 0 spiro atoms. The second-order valence-electron chi connectivity index (χ2n) is 19.0. The van der Waals surface area contributed by atoms with Gasteiger partial charge in [0.25, 0.3) is 11.8 Å². The number of hydrogen-bond donors (Lipinski definition) is 2. The number of nitrogens with one attached hydrogen (secondary N) is 2. The Morgan fingerprint density at radius 1 is 1.00 bits per heavy atom. The van der Waals surface area contributed by atoms with Gasteiger partial charge in [0.1, 0.15) is 61.3 Å². The lowest BCUT2D eigenvalue weighted by molar-refractivity contribution is -0.663. The summed E-state index contributed by atoms with van der Waals surface area (Å²) in [4.78, 5) is 80.6. The van der Waals surface area contributed by atoms with E-state index in [-0.39, 0.29) is 41.1 Å². The number of thiazole rings is 1. The van der Waals surface area contributed by atoms with Crippen molar-refractivity contribution in [2.24, 2.45) is 5.16 Å². The zero-order chi connectivity index (χ0) is 49.9. The van der Waals surface area contributed by atoms with Crippen molar-refractivity contribution in [3.8, 4) is 5.75 Å². The lowest BCUT2D eigenvalue weighted by Gasteiger charge is -2.49. The number of fused-ring (bicyclic) bond motifs is 2. The molecule has 1 fully saturated rings. The van der Waals surface area contributed by atoms with Gasteiger partial charge in [0, 0.05) is 44.0 Å². The minimum absolute atomic E-state index is 0.00523. The molecule has 0 radical (unpaired) electrons. The van der Waals surface area contributed by atoms with Crippen molar-refractivity contribution < 1.29 is 56.5 Å². The van der Waals surface area contributed by atoms with Gasteiger partial charge in [0.05, 0.1) is 23.7 Å². The molecule has 0 saturated carbocycles. The minimum Gasteiger partial charge on any atom is -0.497 e. The Morgan fingerprint density at radius 2 is 1.69 bits per heavy atom. The van der Waals surface area contributed by atoms with Crippen LogP contribution in [0.25, 0.3) is 11.0 Å². The van der Waals surface area contributed by atoms with Crippen LogP contribution in [0.5, 0.6) is 5.75 Å². The molecule has 0 bridgehead atoms. The summed E-state index contributed by atoms with van der Waals surface area (Å²) >= 11 is 4.41. The number of ether oxygens (including phenoxy) is 4. The van der Waals surface area contributed by atoms with Gasteiger partial charge in [-0.1, -0.05) is 28.6 Å². The van der Waals surface area contributed by atoms with Crippen molar-refractivity contribution in [1.29, 1.82) is 0 Å². The zero-order valence-electron chi connectivity index (χ0n) is 40.0. The number of carbonyl (C=O) groups is 5. The van der Waals surface area contributed by atoms with Gasteiger partial charge in [0.15, 0.2) is 23.6 Å². The number of halogens is 1. The molecule has 5 heterocycles. The number of oxime groups is 1. The van der Waals surface area contributed by atoms with Crippen LogP contribution < -0.4 is 19.9 Å². The van der Waals surface area contributed by atoms with Crippen LogP contribution in [0.3, 0.4) is 0 Å². The number of rotatable bonds is 15. The topological polar surface area (TPSA) is 213 Å². The van der Waals surface area contributed by atoms with Crippen molar-refractivity contribution >= 4 is 89.9 Å². The van der Waals surface area contributed by atoms with Gasteiger partial charge in [-0.05, 0) is 108 Å². The van der Waals surface area contributed by atoms with Crippen LogP contribution in [0.2, 0.25) is 0 Å². The maximum atomic E-state index is 14.3. The number of pyridine rings is 1. The van der Waals surface area contributed by atoms with Crippen molar-refractivity contribution in [2.75, 3.05) is 31.8 Å². The Kier molecular flexibility index (Phi) is 15.7. The average molecular weight is 1040 g/mol. The van der Waals surface area contributed by atoms with Crippen LogP contribution in [0.15, 0.2) is 75.1 Å². The molecule has 1 aromatic carbocycles. The Balaban J connectivity index is 1.27. The summed E-state index contributed by atoms with van der Waals surface area (Å²) in [5.74, 6) is -1.90. The summed E-state index contributed by atoms with van der Waals surface area (Å²) < 4.78 is 40.5. The number of amides is 4. The summed E-state index contributed by atoms with van der Waals surface area (Å²) in [6.07, 6.45) is 3.23. The van der Waals surface area contributed by atoms with E-state index in [1.807, 2.05) is 55.9 Å². The van der Waals surface area contributed by atoms with Gasteiger partial charge in [0.2, 0.25) is 5.52 Å². The molecule has 3 aromatic heterocycles. The third kappa shape index (κ3) is 12.8. The number of hydrogen-bond acceptors (Lipinski definition) is 14. The molecule has 68 heavy (non-hydrogen) atoms. The number of methoxy groups -OCH3 is 1. The van der Waals surface area contributed by atoms with Gasteiger partial charge in [-0.3, -0.25) is 24.0 Å². The number of esters is 1. The maximum Gasteiger partial charge on any atom is 0.413 e. The Labute approximate surface area is 409 Å². The van der Waals surface area contributed by atoms with Crippen molar-refractivity contribution in [3.63, 3.8) is 0 Å². The van der Waals surface area contributed by atoms with Crippen LogP contribution in [-0.4, -0.2) is 114 Å². The van der Waals surface area contributed by atoms with Crippen molar-refractivity contribution in [3.05, 3.63) is 81.2 Å². The molecule has 366 valence electrons. The van der Waals surface area contributed by atoms with E-state index in [0.29, 0.717) is 40.2 Å². The van der Waals surface area contributed by atoms with E-state index in [1.165, 1.54) is 0 Å². The molecule has 19 nitrogen and oxygen atoms in total. The summed E-state index contributed by atoms with van der Waals surface area (Å²) in [6.45, 7) is 16.7. The molecule has 2 aliphatic heterocycles. The lowest BCUT2D eigenvalue weighted by Crippen LogP contribution is -2.74. The lowest BCUT2D eigenvalue weighted by atomic mass is 10.0. The zero-order valence-corrected chi connectivity index (χ0v) is 43.2. The molecule has 2 aliphatic rings. The van der Waals surface area contributed by atoms with E-state index < -0.39 is 69.0 Å². The third-order valence-electron chi connectivity index (χ3n) is 10.0. The first kappa shape index (κ1) is 51.5. The Morgan fingerprint density at radius 3 is 2.34 bits per heavy atom. The van der Waals surface area contributed by atoms with Crippen LogP contribution in [0.1, 0.15) is 80.0 Å². The molecule has 0 aliphatic carbocycles. The first-order valence-corrected chi connectivity index (χ1v) is 24.7. The standard InChI is InChI=1S/C46H57BrN8O11S2/c1-44(2,3)64-42(59)50-41-49-32(36(47)67-41)33(51-66-46(7,8)9)37(56)48-34-38(57)55-35(40(58)63-25-27-15-17-29(62-11)18-16-27)28(26-68(61)39(34)55)24-54-21-12-14-30-31(54)19-23-53(30)22-13-20-52(10)43(60)65-45(4,5)6/h12,14-19,21,23,34,39H,13,20,22,24-26H2,1-11H3,(H-,48,49,50,56,59)/p+1/b51-33+. The van der Waals surface area contributed by atoms with Crippen LogP contribution in [-0.2, 0) is 63.9 Å². The van der Waals surface area contributed by atoms with Gasteiger partial charge in [-0.15, -0.1) is 0 Å². The quantitative estimate of drug-likeness (QED) is 0.0331. The highest BCUT2D eigenvalue weighted by Gasteiger charge is 2.58. The van der Waals surface area contributed by atoms with Crippen molar-refractivity contribution in [2.45, 2.75) is 117 Å². The summed E-state index contributed by atoms with van der Waals surface area (Å²) in [7, 11) is 1.41. The second kappa shape index (κ2) is 20.8. The molecule has 3 atom stereocenters. The number of β-lactam (4-membered cyclic amide) rings is 1. The van der Waals surface area contributed by atoms with Crippen LogP contribution >= 0.6 is 27.3 Å². The molecule has 4 amide bonds. The second-order valence-corrected chi connectivity index (χ2v) is 22.9. The first-order valence-electron chi connectivity index (χ1n) is 21.7. The molecule has 6 rings (SSSR count). The predicted octanol–water partition coefficient (Wildman–Crippen LogP) is 6.39. The largest absolute Gasteiger partial charge is 0.497 e. The fourth-order valence-electron chi connectivity index (χ4n) is 7.04. The summed E-state index contributed by atoms with van der Waals surface area (Å²) in [5, 5.41) is 8.29. The van der Waals surface area contributed by atoms with Gasteiger partial charge >= 0.3 is 18.2 Å². The van der Waals surface area contributed by atoms with Gasteiger partial charge in [-0.25, -0.2) is 19.4 Å². The molecular weight excluding hydrogens is 985 g/mol. The Hall–Kier alpha value is -5.87. The number of aryl methyl sites for hydroxylation is 1. The first-order chi connectivity index (χ1) is 31.8. The maximum absolute atomic E-state index is 14.3. The number of carbonyl (C=O) groups excluding carboxylic acids is 5. The van der Waals surface area contributed by atoms with Crippen LogP contribution in [0.4, 0.5) is 14.7 Å². The highest BCUT2D eigenvalue weighted by Crippen LogP contribution is 2.37. The van der Waals surface area contributed by atoms with Crippen molar-refractivity contribution in [1.82, 2.24) is 24.7 Å². The number of aromatic nitrogens is 3. The van der Waals surface area contributed by atoms with Gasteiger partial charge in [-0.2, -0.15) is 4.57 Å². The highest BCUT2D eigenvalue weighted by atomic mass is 79.9. The van der Waals surface area contributed by atoms with Gasteiger partial charge < -0.3 is 38.6 Å². The molecule has 1 saturated heterocycles. The fraction of sp³-hybridized carbons (Fsp3) is 0.478. The van der Waals surface area contributed by atoms with Crippen LogP contribution in [0, 0.1) is 0 Å². The van der Waals surface area contributed by atoms with E-state index in [0.717, 1.165) is 27.3 Å². The van der Waals surface area contributed by atoms with E-state index in [1.54, 1.807) is 84.9 Å². The molecule has 22 heteroatoms. The number of nitrogens with zero attached hydrogens (tertiary/aromatic N) is 6. The number of benzene rings is 1. The predicted molar refractivity (Wildman–Crippen MR) is 258 cm³/mol. The molecule has 3 unspecified atom stereocenters. The third-order valence-corrected chi connectivity index (χ3v) is 13.3. The Bertz CT molecular complexity index is 2660. The van der Waals surface area contributed by atoms with E-state index in [4.69, 9.17) is 23.8 Å². The summed E-state index contributed by atoms with van der Waals surface area (Å²) in [6, 6.07) is 11.4. The fourth-order valence-corrected chi connectivity index (χ4v) is 10.1. The SMILES string of the molecule is COc1ccc(COC(=O)C2=C(C[n+]3cccc4c3ccn4CCCN(C)C(=O)OC(C)(C)C)CS(=O)C3C(NC(=O)/C(=N/OC(C)(C)C)c4nc(NC(=O)OC(C)(C)C)sc4Br)C(=O)N23)cc1. The molecular formula is C46H58BrN8O11S2+. The monoisotopic (exact) mass is 1040 g/mol. The summed E-state index contributed by atoms with van der Waals surface area (Å²) in [5.41, 5.74) is 0.0708. The smallest absolute Gasteiger partial charge is 0.413 e. The highest BCUT2D eigenvalue weighted by molar-refractivity contribution is 9.11.